The maximum absolute atomic E-state index is 12.2. The molecule has 0 bridgehead atoms. The van der Waals surface area contributed by atoms with Crippen LogP contribution in [-0.2, 0) is 0 Å². The van der Waals surface area contributed by atoms with Gasteiger partial charge in [-0.2, -0.15) is 0 Å². The Bertz CT molecular complexity index is 483. The smallest absolute Gasteiger partial charge is 0.269 e. The highest BCUT2D eigenvalue weighted by Gasteiger charge is 2.16. The maximum atomic E-state index is 12.2. The van der Waals surface area contributed by atoms with Crippen LogP contribution in [0.4, 0.5) is 5.69 Å². The molecule has 1 aromatic heterocycles. The van der Waals surface area contributed by atoms with Gasteiger partial charge in [-0.05, 0) is 46.2 Å². The van der Waals surface area contributed by atoms with Gasteiger partial charge in [0.25, 0.3) is 5.91 Å². The molecule has 1 aromatic rings. The highest BCUT2D eigenvalue weighted by molar-refractivity contribution is 5.93. The fourth-order valence-corrected chi connectivity index (χ4v) is 2.49. The van der Waals surface area contributed by atoms with Crippen molar-refractivity contribution in [2.24, 2.45) is 0 Å². The number of pyridine rings is 1. The Kier molecular flexibility index (Phi) is 6.15. The molecule has 0 aromatic carbocycles. The molecule has 1 N–H and O–H groups in total. The van der Waals surface area contributed by atoms with Gasteiger partial charge >= 0.3 is 0 Å². The molecule has 0 atom stereocenters. The minimum absolute atomic E-state index is 0.0882. The van der Waals surface area contributed by atoms with Gasteiger partial charge in [0.2, 0.25) is 0 Å². The summed E-state index contributed by atoms with van der Waals surface area (Å²) >= 11 is 0. The van der Waals surface area contributed by atoms with Gasteiger partial charge in [-0.25, -0.2) is 0 Å². The molecule has 0 radical (unpaired) electrons. The van der Waals surface area contributed by atoms with E-state index in [0.29, 0.717) is 12.2 Å². The summed E-state index contributed by atoms with van der Waals surface area (Å²) in [4.78, 5) is 23.1. The van der Waals surface area contributed by atoms with E-state index in [4.69, 9.17) is 0 Å². The summed E-state index contributed by atoms with van der Waals surface area (Å²) in [5.41, 5.74) is 1.59. The minimum atomic E-state index is -0.0882. The van der Waals surface area contributed by atoms with Crippen LogP contribution in [0.5, 0.6) is 0 Å². The topological polar surface area (TPSA) is 51.7 Å². The molecule has 0 unspecified atom stereocenters. The summed E-state index contributed by atoms with van der Waals surface area (Å²) in [6.07, 6.45) is 2.67. The van der Waals surface area contributed by atoms with Crippen molar-refractivity contribution in [2.75, 3.05) is 65.3 Å². The van der Waals surface area contributed by atoms with E-state index in [2.05, 4.69) is 32.0 Å². The molecule has 22 heavy (non-hydrogen) atoms. The van der Waals surface area contributed by atoms with Gasteiger partial charge in [-0.3, -0.25) is 9.78 Å². The summed E-state index contributed by atoms with van der Waals surface area (Å²) in [5, 5.41) is 2.94. The molecule has 0 spiro atoms. The molecule has 2 heterocycles. The zero-order chi connectivity index (χ0) is 15.9. The standard InChI is InChI=1S/C16H27N5O/c1-19(2)8-4-6-18-16(22)15-13-14(5-7-17-15)21-11-9-20(3)10-12-21/h5,7,13H,4,6,8-12H2,1-3H3,(H,18,22). The number of anilines is 1. The zero-order valence-corrected chi connectivity index (χ0v) is 13.9. The van der Waals surface area contributed by atoms with Crippen LogP contribution < -0.4 is 10.2 Å². The number of hydrogen-bond acceptors (Lipinski definition) is 5. The van der Waals surface area contributed by atoms with E-state index in [1.807, 2.05) is 26.2 Å². The number of hydrogen-bond donors (Lipinski definition) is 1. The van der Waals surface area contributed by atoms with Crippen molar-refractivity contribution < 1.29 is 4.79 Å². The average molecular weight is 305 g/mol. The fourth-order valence-electron chi connectivity index (χ4n) is 2.49. The molecule has 1 aliphatic heterocycles. The van der Waals surface area contributed by atoms with Gasteiger partial charge in [0.15, 0.2) is 0 Å². The first-order valence-electron chi connectivity index (χ1n) is 7.89. The second kappa shape index (κ2) is 8.10. The highest BCUT2D eigenvalue weighted by Crippen LogP contribution is 2.16. The van der Waals surface area contributed by atoms with Crippen LogP contribution in [0.1, 0.15) is 16.9 Å². The van der Waals surface area contributed by atoms with Crippen molar-refractivity contribution in [3.63, 3.8) is 0 Å². The van der Waals surface area contributed by atoms with E-state index < -0.39 is 0 Å². The summed E-state index contributed by atoms with van der Waals surface area (Å²) in [7, 11) is 6.20. The Morgan fingerprint density at radius 3 is 2.73 bits per heavy atom. The van der Waals surface area contributed by atoms with E-state index in [1.165, 1.54) is 0 Å². The third kappa shape index (κ3) is 4.96. The third-order valence-corrected chi connectivity index (χ3v) is 3.91. The molecule has 2 rings (SSSR count). The molecule has 6 heteroatoms. The molecule has 1 saturated heterocycles. The average Bonchev–Trinajstić information content (AvgIpc) is 2.52. The van der Waals surface area contributed by atoms with Crippen molar-refractivity contribution >= 4 is 11.6 Å². The first-order valence-corrected chi connectivity index (χ1v) is 7.89. The largest absolute Gasteiger partial charge is 0.369 e. The van der Waals surface area contributed by atoms with Gasteiger partial charge in [0.1, 0.15) is 5.69 Å². The Morgan fingerprint density at radius 1 is 1.32 bits per heavy atom. The maximum Gasteiger partial charge on any atom is 0.269 e. The molecule has 1 fully saturated rings. The van der Waals surface area contributed by atoms with Gasteiger partial charge in [0, 0.05) is 44.6 Å². The number of amides is 1. The monoisotopic (exact) mass is 305 g/mol. The normalized spacial score (nSPS) is 16.1. The number of rotatable bonds is 6. The molecule has 0 saturated carbocycles. The van der Waals surface area contributed by atoms with Crippen LogP contribution in [0.25, 0.3) is 0 Å². The van der Waals surface area contributed by atoms with Crippen LogP contribution in [0.2, 0.25) is 0 Å². The minimum Gasteiger partial charge on any atom is -0.369 e. The van der Waals surface area contributed by atoms with Crippen LogP contribution in [0.15, 0.2) is 18.3 Å². The van der Waals surface area contributed by atoms with E-state index in [9.17, 15) is 4.79 Å². The lowest BCUT2D eigenvalue weighted by Gasteiger charge is -2.34. The predicted molar refractivity (Wildman–Crippen MR) is 89.5 cm³/mol. The highest BCUT2D eigenvalue weighted by atomic mass is 16.1. The van der Waals surface area contributed by atoms with Crippen molar-refractivity contribution in [1.29, 1.82) is 0 Å². The van der Waals surface area contributed by atoms with Crippen LogP contribution in [-0.4, -0.2) is 81.1 Å². The number of aromatic nitrogens is 1. The molecule has 122 valence electrons. The lowest BCUT2D eigenvalue weighted by Crippen LogP contribution is -2.44. The molecule has 6 nitrogen and oxygen atoms in total. The Hall–Kier alpha value is -1.66. The first-order chi connectivity index (χ1) is 10.6. The Labute approximate surface area is 133 Å². The van der Waals surface area contributed by atoms with Gasteiger partial charge in [0.05, 0.1) is 0 Å². The molecule has 0 aliphatic carbocycles. The lowest BCUT2D eigenvalue weighted by atomic mass is 10.2. The van der Waals surface area contributed by atoms with Gasteiger partial charge < -0.3 is 20.0 Å². The van der Waals surface area contributed by atoms with E-state index >= 15 is 0 Å². The summed E-state index contributed by atoms with van der Waals surface area (Å²) in [6, 6.07) is 3.88. The van der Waals surface area contributed by atoms with E-state index in [-0.39, 0.29) is 5.91 Å². The number of carbonyl (C=O) groups excluding carboxylic acids is 1. The molecular weight excluding hydrogens is 278 g/mol. The number of nitrogens with one attached hydrogen (secondary N) is 1. The molecule has 1 amide bonds. The second-order valence-electron chi connectivity index (χ2n) is 6.10. The molecule has 1 aliphatic rings. The fraction of sp³-hybridized carbons (Fsp3) is 0.625. The quantitative estimate of drug-likeness (QED) is 0.776. The third-order valence-electron chi connectivity index (χ3n) is 3.91. The Morgan fingerprint density at radius 2 is 2.05 bits per heavy atom. The van der Waals surface area contributed by atoms with Gasteiger partial charge in [-0.15, -0.1) is 0 Å². The predicted octanol–water partition coefficient (Wildman–Crippen LogP) is 0.515. The zero-order valence-electron chi connectivity index (χ0n) is 13.9. The number of likely N-dealkylation sites (N-methyl/N-ethyl adjacent to an activating group) is 1. The number of piperazine rings is 1. The van der Waals surface area contributed by atoms with Crippen molar-refractivity contribution in [1.82, 2.24) is 20.1 Å². The SMILES string of the molecule is CN(C)CCCNC(=O)c1cc(N2CCN(C)CC2)ccn1. The Balaban J connectivity index is 1.89. The first kappa shape index (κ1) is 16.7. The van der Waals surface area contributed by atoms with Crippen LogP contribution in [0, 0.1) is 0 Å². The summed E-state index contributed by atoms with van der Waals surface area (Å²) in [5.74, 6) is -0.0882. The van der Waals surface area contributed by atoms with Crippen molar-refractivity contribution in [2.45, 2.75) is 6.42 Å². The second-order valence-corrected chi connectivity index (χ2v) is 6.10. The van der Waals surface area contributed by atoms with Crippen molar-refractivity contribution in [3.8, 4) is 0 Å². The van der Waals surface area contributed by atoms with Crippen molar-refractivity contribution in [3.05, 3.63) is 24.0 Å². The van der Waals surface area contributed by atoms with E-state index in [0.717, 1.165) is 44.8 Å². The summed E-state index contributed by atoms with van der Waals surface area (Å²) in [6.45, 7) is 5.73. The van der Waals surface area contributed by atoms with Crippen LogP contribution >= 0.6 is 0 Å². The number of carbonyl (C=O) groups is 1. The number of nitrogens with zero attached hydrogens (tertiary/aromatic N) is 4. The van der Waals surface area contributed by atoms with E-state index in [1.54, 1.807) is 6.20 Å². The summed E-state index contributed by atoms with van der Waals surface area (Å²) < 4.78 is 0. The lowest BCUT2D eigenvalue weighted by molar-refractivity contribution is 0.0947. The molecular formula is C16H27N5O. The van der Waals surface area contributed by atoms with Crippen LogP contribution in [0.3, 0.4) is 0 Å². The van der Waals surface area contributed by atoms with Gasteiger partial charge in [-0.1, -0.05) is 0 Å².